The highest BCUT2D eigenvalue weighted by Crippen LogP contribution is 2.13. The third kappa shape index (κ3) is 22.3. The summed E-state index contributed by atoms with van der Waals surface area (Å²) in [5.41, 5.74) is 0. The first-order chi connectivity index (χ1) is 18.8. The molecule has 1 amide bonds. The van der Waals surface area contributed by atoms with Gasteiger partial charge < -0.3 is 19.5 Å². The Kier molecular flexibility index (Phi) is 24.4. The van der Waals surface area contributed by atoms with Gasteiger partial charge in [0.05, 0.1) is 13.2 Å². The summed E-state index contributed by atoms with van der Waals surface area (Å²) in [6.07, 6.45) is 27.1. The molecule has 0 fully saturated rings. The maximum absolute atomic E-state index is 11.7. The van der Waals surface area contributed by atoms with E-state index in [9.17, 15) is 4.79 Å². The van der Waals surface area contributed by atoms with Gasteiger partial charge in [0.1, 0.15) is 6.54 Å². The highest BCUT2D eigenvalue weighted by atomic mass is 16.6. The van der Waals surface area contributed by atoms with E-state index in [1.807, 2.05) is 18.2 Å². The Morgan fingerprint density at radius 3 is 1.58 bits per heavy atom. The number of hydrogen-bond acceptors (Lipinski definition) is 4. The van der Waals surface area contributed by atoms with Crippen LogP contribution in [0.1, 0.15) is 122 Å². The van der Waals surface area contributed by atoms with Gasteiger partial charge in [0, 0.05) is 38.8 Å². The molecule has 6 nitrogen and oxygen atoms in total. The van der Waals surface area contributed by atoms with Crippen LogP contribution in [-0.4, -0.2) is 45.7 Å². The number of carbonyl (C=O) groups is 1. The Balaban J connectivity index is 1.92. The van der Waals surface area contributed by atoms with Crippen molar-refractivity contribution in [2.45, 2.75) is 135 Å². The number of nitrogens with zero attached hydrogens (tertiary/aromatic N) is 1. The van der Waals surface area contributed by atoms with Crippen LogP contribution in [0.2, 0.25) is 0 Å². The molecular formula is C32H59N2O4+. The largest absolute Gasteiger partial charge is 0.441 e. The van der Waals surface area contributed by atoms with E-state index < -0.39 is 6.09 Å². The summed E-state index contributed by atoms with van der Waals surface area (Å²) in [7, 11) is 1.57. The van der Waals surface area contributed by atoms with Crippen molar-refractivity contribution in [1.29, 1.82) is 0 Å². The minimum atomic E-state index is -0.440. The van der Waals surface area contributed by atoms with Crippen LogP contribution < -0.4 is 9.88 Å². The third-order valence-corrected chi connectivity index (χ3v) is 6.96. The summed E-state index contributed by atoms with van der Waals surface area (Å²) < 4.78 is 19.2. The van der Waals surface area contributed by atoms with Gasteiger partial charge >= 0.3 is 6.09 Å². The average molecular weight is 536 g/mol. The number of unbranched alkanes of at least 4 members (excludes halogenated alkanes) is 16. The van der Waals surface area contributed by atoms with Gasteiger partial charge in [0.2, 0.25) is 0 Å². The fourth-order valence-corrected chi connectivity index (χ4v) is 4.59. The molecule has 1 heterocycles. The monoisotopic (exact) mass is 535 g/mol. The molecule has 1 N–H and O–H groups in total. The number of rotatable bonds is 27. The quantitative estimate of drug-likeness (QED) is 0.0923. The first kappa shape index (κ1) is 34.4. The van der Waals surface area contributed by atoms with E-state index >= 15 is 0 Å². The van der Waals surface area contributed by atoms with Crippen LogP contribution >= 0.6 is 0 Å². The van der Waals surface area contributed by atoms with Crippen molar-refractivity contribution in [3.8, 4) is 0 Å². The molecule has 0 spiro atoms. The highest BCUT2D eigenvalue weighted by Gasteiger charge is 2.14. The van der Waals surface area contributed by atoms with Gasteiger partial charge in [0.15, 0.2) is 18.5 Å². The van der Waals surface area contributed by atoms with E-state index in [4.69, 9.17) is 14.2 Å². The molecule has 0 radical (unpaired) electrons. The van der Waals surface area contributed by atoms with Crippen LogP contribution in [0.4, 0.5) is 4.79 Å². The van der Waals surface area contributed by atoms with Crippen molar-refractivity contribution < 1.29 is 23.6 Å². The van der Waals surface area contributed by atoms with Crippen molar-refractivity contribution in [3.05, 3.63) is 30.6 Å². The number of aryl methyl sites for hydroxylation is 1. The second-order valence-electron chi connectivity index (χ2n) is 10.6. The van der Waals surface area contributed by atoms with E-state index in [1.54, 1.807) is 7.05 Å². The zero-order valence-corrected chi connectivity index (χ0v) is 24.8. The summed E-state index contributed by atoms with van der Waals surface area (Å²) >= 11 is 0. The lowest BCUT2D eigenvalue weighted by Crippen LogP contribution is -2.33. The number of amides is 1. The summed E-state index contributed by atoms with van der Waals surface area (Å²) in [5, 5.41) is 2.51. The number of pyridine rings is 1. The maximum Gasteiger partial charge on any atom is 0.407 e. The standard InChI is InChI=1S/C32H58N2O4/c1-3-4-5-6-7-8-9-10-11-12-13-14-15-16-17-22-27-36-29-31(38-32(35)33-2)30-37-28-23-21-26-34-24-19-18-20-25-34/h18-20,24-25,31H,3-17,21-23,26-30H2,1-2H3/p+1. The molecule has 0 aliphatic heterocycles. The van der Waals surface area contributed by atoms with E-state index in [1.165, 1.54) is 96.3 Å². The van der Waals surface area contributed by atoms with Gasteiger partial charge in [-0.1, -0.05) is 109 Å². The zero-order valence-electron chi connectivity index (χ0n) is 24.8. The van der Waals surface area contributed by atoms with Crippen molar-refractivity contribution in [2.24, 2.45) is 0 Å². The van der Waals surface area contributed by atoms with E-state index in [2.05, 4.69) is 29.2 Å². The van der Waals surface area contributed by atoms with Gasteiger partial charge in [-0.3, -0.25) is 0 Å². The lowest BCUT2D eigenvalue weighted by Gasteiger charge is -2.18. The van der Waals surface area contributed by atoms with Crippen molar-refractivity contribution in [1.82, 2.24) is 5.32 Å². The molecule has 1 aromatic heterocycles. The fourth-order valence-electron chi connectivity index (χ4n) is 4.59. The minimum absolute atomic E-state index is 0.366. The Morgan fingerprint density at radius 2 is 1.11 bits per heavy atom. The molecule has 6 heteroatoms. The highest BCUT2D eigenvalue weighted by molar-refractivity contribution is 5.66. The second-order valence-corrected chi connectivity index (χ2v) is 10.6. The normalized spacial score (nSPS) is 11.9. The molecule has 0 aliphatic carbocycles. The summed E-state index contributed by atoms with van der Waals surface area (Å²) in [4.78, 5) is 11.7. The van der Waals surface area contributed by atoms with Gasteiger partial charge in [-0.2, -0.15) is 0 Å². The van der Waals surface area contributed by atoms with E-state index in [0.29, 0.717) is 26.4 Å². The predicted octanol–water partition coefficient (Wildman–Crippen LogP) is 7.77. The number of alkyl carbamates (subject to hydrolysis) is 1. The van der Waals surface area contributed by atoms with Crippen LogP contribution in [0.25, 0.3) is 0 Å². The van der Waals surface area contributed by atoms with Gasteiger partial charge in [0.25, 0.3) is 0 Å². The number of nitrogens with one attached hydrogen (secondary N) is 1. The van der Waals surface area contributed by atoms with Crippen LogP contribution in [0.5, 0.6) is 0 Å². The Hall–Kier alpha value is -1.66. The predicted molar refractivity (Wildman–Crippen MR) is 156 cm³/mol. The number of ether oxygens (including phenoxy) is 3. The second kappa shape index (κ2) is 26.9. The molecule has 220 valence electrons. The number of hydrogen-bond donors (Lipinski definition) is 1. The molecule has 0 saturated heterocycles. The maximum atomic E-state index is 11.7. The lowest BCUT2D eigenvalue weighted by atomic mass is 10.0. The van der Waals surface area contributed by atoms with Crippen molar-refractivity contribution in [2.75, 3.05) is 33.5 Å². The Bertz CT molecular complexity index is 629. The zero-order chi connectivity index (χ0) is 27.4. The molecule has 0 saturated carbocycles. The number of aromatic nitrogens is 1. The topological polar surface area (TPSA) is 60.7 Å². The van der Waals surface area contributed by atoms with Crippen LogP contribution in [0, 0.1) is 0 Å². The molecule has 0 bridgehead atoms. The first-order valence-corrected chi connectivity index (χ1v) is 15.7. The average Bonchev–Trinajstić information content (AvgIpc) is 2.94. The lowest BCUT2D eigenvalue weighted by molar-refractivity contribution is -0.697. The molecule has 38 heavy (non-hydrogen) atoms. The van der Waals surface area contributed by atoms with Crippen LogP contribution in [0.3, 0.4) is 0 Å². The van der Waals surface area contributed by atoms with Crippen molar-refractivity contribution >= 4 is 6.09 Å². The molecule has 1 unspecified atom stereocenters. The fraction of sp³-hybridized carbons (Fsp3) is 0.812. The van der Waals surface area contributed by atoms with E-state index in [-0.39, 0.29) is 6.10 Å². The SMILES string of the molecule is CCCCCCCCCCCCCCCCCCOCC(COCCCC[n+]1ccccc1)OC(=O)NC. The molecule has 0 aliphatic rings. The molecule has 1 rings (SSSR count). The van der Waals surface area contributed by atoms with Crippen LogP contribution in [0.15, 0.2) is 30.6 Å². The summed E-state index contributed by atoms with van der Waals surface area (Å²) in [5.74, 6) is 0. The molecule has 1 aromatic rings. The van der Waals surface area contributed by atoms with Gasteiger partial charge in [-0.15, -0.1) is 0 Å². The minimum Gasteiger partial charge on any atom is -0.441 e. The van der Waals surface area contributed by atoms with E-state index in [0.717, 1.165) is 25.8 Å². The number of carbonyl (C=O) groups excluding carboxylic acids is 1. The third-order valence-electron chi connectivity index (χ3n) is 6.96. The Morgan fingerprint density at radius 1 is 0.658 bits per heavy atom. The Labute approximate surface area is 234 Å². The van der Waals surface area contributed by atoms with Crippen molar-refractivity contribution in [3.63, 3.8) is 0 Å². The molecule has 1 atom stereocenters. The van der Waals surface area contributed by atoms with Crippen LogP contribution in [-0.2, 0) is 20.8 Å². The van der Waals surface area contributed by atoms with Gasteiger partial charge in [-0.05, 0) is 12.8 Å². The first-order valence-electron chi connectivity index (χ1n) is 15.7. The summed E-state index contributed by atoms with van der Waals surface area (Å²) in [6.45, 7) is 5.37. The summed E-state index contributed by atoms with van der Waals surface area (Å²) in [6, 6.07) is 6.10. The molecule has 0 aromatic carbocycles. The smallest absolute Gasteiger partial charge is 0.407 e. The van der Waals surface area contributed by atoms with Gasteiger partial charge in [-0.25, -0.2) is 9.36 Å². The molecular weight excluding hydrogens is 476 g/mol.